The van der Waals surface area contributed by atoms with Crippen molar-refractivity contribution in [1.82, 2.24) is 9.88 Å². The number of hydrogen-bond acceptors (Lipinski definition) is 6. The Labute approximate surface area is 180 Å². The number of hydrogen-bond donors (Lipinski definition) is 0. The van der Waals surface area contributed by atoms with Gasteiger partial charge in [0.25, 0.3) is 5.91 Å². The molecule has 1 aliphatic carbocycles. The third-order valence-corrected chi connectivity index (χ3v) is 7.89. The highest BCUT2D eigenvalue weighted by Crippen LogP contribution is 2.34. The lowest BCUT2D eigenvalue weighted by Crippen LogP contribution is -2.51. The SMILES string of the molecule is Cc1ccc2sc(N3CCN(C(=O)C4=COC5CCCCC5C4=O)CC3)nc2c1C. The number of fused-ring (bicyclic) bond motifs is 2. The fourth-order valence-corrected chi connectivity index (χ4v) is 5.83. The molecule has 1 aromatic carbocycles. The number of rotatable bonds is 2. The summed E-state index contributed by atoms with van der Waals surface area (Å²) in [5.41, 5.74) is 3.79. The van der Waals surface area contributed by atoms with Crippen LogP contribution in [0.15, 0.2) is 24.0 Å². The van der Waals surface area contributed by atoms with Crippen LogP contribution < -0.4 is 4.90 Å². The number of carbonyl (C=O) groups excluding carboxylic acids is 2. The molecule has 30 heavy (non-hydrogen) atoms. The van der Waals surface area contributed by atoms with E-state index in [1.165, 1.54) is 22.1 Å². The number of carbonyl (C=O) groups is 2. The topological polar surface area (TPSA) is 62.7 Å². The van der Waals surface area contributed by atoms with Gasteiger partial charge in [0.15, 0.2) is 10.9 Å². The highest BCUT2D eigenvalue weighted by molar-refractivity contribution is 7.22. The molecule has 0 bridgehead atoms. The van der Waals surface area contributed by atoms with Gasteiger partial charge in [-0.3, -0.25) is 9.59 Å². The first kappa shape index (κ1) is 19.5. The summed E-state index contributed by atoms with van der Waals surface area (Å²) in [6.45, 7) is 6.84. The summed E-state index contributed by atoms with van der Waals surface area (Å²) >= 11 is 1.70. The highest BCUT2D eigenvalue weighted by atomic mass is 32.1. The van der Waals surface area contributed by atoms with Gasteiger partial charge in [0.1, 0.15) is 11.7 Å². The lowest BCUT2D eigenvalue weighted by atomic mass is 9.80. The minimum Gasteiger partial charge on any atom is -0.496 e. The minimum absolute atomic E-state index is 0.0182. The standard InChI is InChI=1S/C23H27N3O3S/c1-14-7-8-19-20(15(14)2)24-23(30-19)26-11-9-25(10-12-26)22(28)17-13-29-18-6-4-3-5-16(18)21(17)27/h7-8,13,16,18H,3-6,9-12H2,1-2H3. The molecule has 3 heterocycles. The molecule has 1 amide bonds. The summed E-state index contributed by atoms with van der Waals surface area (Å²) in [5, 5.41) is 1.01. The Morgan fingerprint density at radius 2 is 1.90 bits per heavy atom. The zero-order valence-corrected chi connectivity index (χ0v) is 18.3. The predicted octanol–water partition coefficient (Wildman–Crippen LogP) is 3.60. The summed E-state index contributed by atoms with van der Waals surface area (Å²) in [6, 6.07) is 4.28. The summed E-state index contributed by atoms with van der Waals surface area (Å²) in [6.07, 6.45) is 5.27. The Morgan fingerprint density at radius 1 is 1.13 bits per heavy atom. The van der Waals surface area contributed by atoms with E-state index in [4.69, 9.17) is 9.72 Å². The molecule has 7 heteroatoms. The molecule has 2 aromatic rings. The number of anilines is 1. The van der Waals surface area contributed by atoms with E-state index in [9.17, 15) is 9.59 Å². The first-order valence-electron chi connectivity index (χ1n) is 10.8. The van der Waals surface area contributed by atoms with Crippen LogP contribution in [0.25, 0.3) is 10.2 Å². The van der Waals surface area contributed by atoms with Crippen LogP contribution in [0.4, 0.5) is 5.13 Å². The van der Waals surface area contributed by atoms with Gasteiger partial charge in [-0.1, -0.05) is 23.8 Å². The van der Waals surface area contributed by atoms with Crippen LogP contribution in [0.2, 0.25) is 0 Å². The Morgan fingerprint density at radius 3 is 2.70 bits per heavy atom. The van der Waals surface area contributed by atoms with Gasteiger partial charge in [0.2, 0.25) is 0 Å². The Kier molecular flexibility index (Phi) is 5.01. The molecule has 2 aliphatic heterocycles. The molecule has 2 unspecified atom stereocenters. The minimum atomic E-state index is -0.181. The molecule has 1 saturated carbocycles. The van der Waals surface area contributed by atoms with Crippen LogP contribution in [-0.4, -0.2) is 53.9 Å². The van der Waals surface area contributed by atoms with Crippen LogP contribution in [0.1, 0.15) is 36.8 Å². The number of ether oxygens (including phenoxy) is 1. The number of piperazine rings is 1. The first-order valence-corrected chi connectivity index (χ1v) is 11.7. The van der Waals surface area contributed by atoms with Crippen LogP contribution >= 0.6 is 11.3 Å². The van der Waals surface area contributed by atoms with Gasteiger partial charge in [-0.25, -0.2) is 4.98 Å². The van der Waals surface area contributed by atoms with Crippen molar-refractivity contribution >= 4 is 38.4 Å². The van der Waals surface area contributed by atoms with Gasteiger partial charge in [0, 0.05) is 26.2 Å². The first-order chi connectivity index (χ1) is 14.5. The van der Waals surface area contributed by atoms with Gasteiger partial charge in [-0.15, -0.1) is 0 Å². The fraction of sp³-hybridized carbons (Fsp3) is 0.522. The van der Waals surface area contributed by atoms with Crippen molar-refractivity contribution in [2.75, 3.05) is 31.1 Å². The maximum absolute atomic E-state index is 13.0. The fourth-order valence-electron chi connectivity index (χ4n) is 4.75. The Bertz CT molecular complexity index is 1040. The van der Waals surface area contributed by atoms with E-state index in [-0.39, 0.29) is 29.3 Å². The molecule has 1 aromatic heterocycles. The van der Waals surface area contributed by atoms with Gasteiger partial charge < -0.3 is 14.5 Å². The maximum atomic E-state index is 13.0. The summed E-state index contributed by atoms with van der Waals surface area (Å²) < 4.78 is 6.97. The number of Topliss-reactive ketones (excluding diaryl/α,β-unsaturated/α-hetero) is 1. The van der Waals surface area contributed by atoms with Gasteiger partial charge in [0.05, 0.1) is 22.4 Å². The average Bonchev–Trinajstić information content (AvgIpc) is 3.22. The van der Waals surface area contributed by atoms with Crippen molar-refractivity contribution in [1.29, 1.82) is 0 Å². The quantitative estimate of drug-likeness (QED) is 0.688. The van der Waals surface area contributed by atoms with Gasteiger partial charge in [-0.2, -0.15) is 0 Å². The van der Waals surface area contributed by atoms with Crippen LogP contribution in [0.3, 0.4) is 0 Å². The molecule has 158 valence electrons. The molecule has 0 spiro atoms. The number of aryl methyl sites for hydroxylation is 2. The highest BCUT2D eigenvalue weighted by Gasteiger charge is 2.40. The monoisotopic (exact) mass is 425 g/mol. The number of nitrogens with zero attached hydrogens (tertiary/aromatic N) is 3. The van der Waals surface area contributed by atoms with Crippen molar-refractivity contribution in [3.05, 3.63) is 35.1 Å². The van der Waals surface area contributed by atoms with E-state index in [0.29, 0.717) is 13.1 Å². The van der Waals surface area contributed by atoms with Gasteiger partial charge >= 0.3 is 0 Å². The molecular formula is C23H27N3O3S. The second-order valence-electron chi connectivity index (χ2n) is 8.59. The molecule has 2 atom stereocenters. The van der Waals surface area contributed by atoms with E-state index in [0.717, 1.165) is 49.4 Å². The second kappa shape index (κ2) is 7.69. The average molecular weight is 426 g/mol. The number of amides is 1. The van der Waals surface area contributed by atoms with Crippen molar-refractivity contribution in [3.8, 4) is 0 Å². The third-order valence-electron chi connectivity index (χ3n) is 6.81. The lowest BCUT2D eigenvalue weighted by Gasteiger charge is -2.37. The summed E-state index contributed by atoms with van der Waals surface area (Å²) in [7, 11) is 0. The van der Waals surface area contributed by atoms with Crippen LogP contribution in [0.5, 0.6) is 0 Å². The molecule has 1 saturated heterocycles. The van der Waals surface area contributed by atoms with Crippen LogP contribution in [0, 0.1) is 19.8 Å². The molecular weight excluding hydrogens is 398 g/mol. The van der Waals surface area contributed by atoms with E-state index >= 15 is 0 Å². The molecule has 2 fully saturated rings. The maximum Gasteiger partial charge on any atom is 0.260 e. The van der Waals surface area contributed by atoms with E-state index < -0.39 is 0 Å². The second-order valence-corrected chi connectivity index (χ2v) is 9.60. The third kappa shape index (κ3) is 3.29. The van der Waals surface area contributed by atoms with Crippen molar-refractivity contribution in [2.24, 2.45) is 5.92 Å². The smallest absolute Gasteiger partial charge is 0.260 e. The summed E-state index contributed by atoms with van der Waals surface area (Å²) in [4.78, 5) is 34.8. The van der Waals surface area contributed by atoms with Crippen molar-refractivity contribution in [3.63, 3.8) is 0 Å². The van der Waals surface area contributed by atoms with Crippen molar-refractivity contribution < 1.29 is 14.3 Å². The summed E-state index contributed by atoms with van der Waals surface area (Å²) in [5.74, 6) is -0.340. The largest absolute Gasteiger partial charge is 0.496 e. The molecule has 6 nitrogen and oxygen atoms in total. The van der Waals surface area contributed by atoms with E-state index in [2.05, 4.69) is 30.9 Å². The van der Waals surface area contributed by atoms with E-state index in [1.54, 1.807) is 16.2 Å². The molecule has 0 radical (unpaired) electrons. The molecule has 3 aliphatic rings. The number of ketones is 1. The normalized spacial score (nSPS) is 24.5. The molecule has 5 rings (SSSR count). The van der Waals surface area contributed by atoms with Crippen LogP contribution in [-0.2, 0) is 14.3 Å². The lowest BCUT2D eigenvalue weighted by molar-refractivity contribution is -0.135. The number of benzene rings is 1. The Balaban J connectivity index is 1.27. The van der Waals surface area contributed by atoms with Crippen molar-refractivity contribution in [2.45, 2.75) is 45.6 Å². The van der Waals surface area contributed by atoms with E-state index in [1.807, 2.05) is 0 Å². The zero-order valence-electron chi connectivity index (χ0n) is 17.5. The number of aromatic nitrogens is 1. The zero-order chi connectivity index (χ0) is 20.8. The van der Waals surface area contributed by atoms with Gasteiger partial charge in [-0.05, 0) is 50.3 Å². The molecule has 0 N–H and O–H groups in total. The predicted molar refractivity (Wildman–Crippen MR) is 118 cm³/mol. The number of thiazole rings is 1. The Hall–Kier alpha value is -2.41.